The van der Waals surface area contributed by atoms with Crippen molar-refractivity contribution in [2.24, 2.45) is 0 Å². The minimum absolute atomic E-state index is 0.0317. The van der Waals surface area contributed by atoms with E-state index in [1.54, 1.807) is 19.5 Å². The Bertz CT molecular complexity index is 331. The van der Waals surface area contributed by atoms with E-state index in [1.165, 1.54) is 6.42 Å². The second-order valence-electron chi connectivity index (χ2n) is 4.08. The maximum absolute atomic E-state index is 5.52. The lowest BCUT2D eigenvalue weighted by molar-refractivity contribution is -0.0601. The molecular formula is C11H17N3O. The van der Waals surface area contributed by atoms with Gasteiger partial charge in [-0.2, -0.15) is 0 Å². The second kappa shape index (κ2) is 4.14. The highest BCUT2D eigenvalue weighted by atomic mass is 16.5. The fourth-order valence-corrected chi connectivity index (χ4v) is 1.85. The lowest BCUT2D eigenvalue weighted by Gasteiger charge is -2.40. The maximum Gasteiger partial charge on any atom is 0.147 e. The molecule has 0 spiro atoms. The number of hydrogen-bond acceptors (Lipinski definition) is 4. The highest BCUT2D eigenvalue weighted by Crippen LogP contribution is 2.34. The van der Waals surface area contributed by atoms with Crippen molar-refractivity contribution in [1.82, 2.24) is 9.97 Å². The van der Waals surface area contributed by atoms with Crippen LogP contribution in [0, 0.1) is 6.92 Å². The van der Waals surface area contributed by atoms with Crippen LogP contribution in [0.4, 0.5) is 5.82 Å². The summed E-state index contributed by atoms with van der Waals surface area (Å²) in [5, 5.41) is 3.31. The Labute approximate surface area is 90.1 Å². The lowest BCUT2D eigenvalue weighted by atomic mass is 9.80. The SMILES string of the molecule is COC1(CNc2nccnc2C)CCC1. The van der Waals surface area contributed by atoms with Gasteiger partial charge in [-0.15, -0.1) is 0 Å². The Kier molecular flexibility index (Phi) is 2.86. The predicted molar refractivity (Wildman–Crippen MR) is 58.8 cm³/mol. The van der Waals surface area contributed by atoms with Crippen LogP contribution >= 0.6 is 0 Å². The quantitative estimate of drug-likeness (QED) is 0.817. The van der Waals surface area contributed by atoms with E-state index in [4.69, 9.17) is 4.74 Å². The van der Waals surface area contributed by atoms with Crippen LogP contribution in [0.3, 0.4) is 0 Å². The van der Waals surface area contributed by atoms with E-state index in [1.807, 2.05) is 6.92 Å². The van der Waals surface area contributed by atoms with Crippen LogP contribution in [0.5, 0.6) is 0 Å². The molecule has 0 saturated heterocycles. The minimum atomic E-state index is 0.0317. The Hall–Kier alpha value is -1.16. The standard InChI is InChI=1S/C11H17N3O/c1-9-10(13-7-6-12-9)14-8-11(15-2)4-3-5-11/h6-7H,3-5,8H2,1-2H3,(H,13,14). The molecule has 0 unspecified atom stereocenters. The number of nitrogens with one attached hydrogen (secondary N) is 1. The molecule has 82 valence electrons. The molecule has 0 amide bonds. The monoisotopic (exact) mass is 207 g/mol. The Morgan fingerprint density at radius 3 is 2.67 bits per heavy atom. The van der Waals surface area contributed by atoms with E-state index in [2.05, 4.69) is 15.3 Å². The highest BCUT2D eigenvalue weighted by molar-refractivity contribution is 5.38. The molecule has 1 heterocycles. The molecule has 1 aliphatic carbocycles. The molecule has 0 radical (unpaired) electrons. The third-order valence-electron chi connectivity index (χ3n) is 3.16. The zero-order chi connectivity index (χ0) is 10.7. The summed E-state index contributed by atoms with van der Waals surface area (Å²) >= 11 is 0. The number of hydrogen-bond donors (Lipinski definition) is 1. The number of aryl methyl sites for hydroxylation is 1. The number of aromatic nitrogens is 2. The molecule has 0 atom stereocenters. The molecule has 1 saturated carbocycles. The van der Waals surface area contributed by atoms with Crippen molar-refractivity contribution >= 4 is 5.82 Å². The summed E-state index contributed by atoms with van der Waals surface area (Å²) in [5.74, 6) is 0.862. The van der Waals surface area contributed by atoms with Crippen molar-refractivity contribution in [2.45, 2.75) is 31.8 Å². The van der Waals surface area contributed by atoms with Crippen LogP contribution in [0.2, 0.25) is 0 Å². The van der Waals surface area contributed by atoms with Crippen LogP contribution < -0.4 is 5.32 Å². The molecule has 0 aliphatic heterocycles. The molecule has 0 bridgehead atoms. The molecular weight excluding hydrogens is 190 g/mol. The molecule has 0 aromatic carbocycles. The lowest BCUT2D eigenvalue weighted by Crippen LogP contribution is -2.45. The summed E-state index contributed by atoms with van der Waals surface area (Å²) in [7, 11) is 1.78. The summed E-state index contributed by atoms with van der Waals surface area (Å²) in [5.41, 5.74) is 0.965. The van der Waals surface area contributed by atoms with E-state index >= 15 is 0 Å². The van der Waals surface area contributed by atoms with Gasteiger partial charge in [-0.25, -0.2) is 4.98 Å². The second-order valence-corrected chi connectivity index (χ2v) is 4.08. The van der Waals surface area contributed by atoms with Crippen LogP contribution in [-0.4, -0.2) is 29.2 Å². The summed E-state index contributed by atoms with van der Waals surface area (Å²) in [6.07, 6.45) is 6.94. The first-order chi connectivity index (χ1) is 7.26. The van der Waals surface area contributed by atoms with Gasteiger partial charge in [0.1, 0.15) is 5.82 Å². The van der Waals surface area contributed by atoms with Gasteiger partial charge in [0.15, 0.2) is 0 Å². The van der Waals surface area contributed by atoms with E-state index < -0.39 is 0 Å². The van der Waals surface area contributed by atoms with Crippen molar-refractivity contribution in [3.63, 3.8) is 0 Å². The smallest absolute Gasteiger partial charge is 0.147 e. The molecule has 1 N–H and O–H groups in total. The average Bonchev–Trinajstić information content (AvgIpc) is 2.19. The number of anilines is 1. The zero-order valence-electron chi connectivity index (χ0n) is 9.29. The number of methoxy groups -OCH3 is 1. The largest absolute Gasteiger partial charge is 0.376 e. The summed E-state index contributed by atoms with van der Waals surface area (Å²) in [6.45, 7) is 2.78. The van der Waals surface area contributed by atoms with Crippen LogP contribution in [0.15, 0.2) is 12.4 Å². The minimum Gasteiger partial charge on any atom is -0.376 e. The van der Waals surface area contributed by atoms with Gasteiger partial charge in [-0.05, 0) is 26.2 Å². The summed E-state index contributed by atoms with van der Waals surface area (Å²) in [4.78, 5) is 8.43. The molecule has 1 aromatic heterocycles. The van der Waals surface area contributed by atoms with E-state index in [-0.39, 0.29) is 5.60 Å². The van der Waals surface area contributed by atoms with Crippen molar-refractivity contribution < 1.29 is 4.74 Å². The fraction of sp³-hybridized carbons (Fsp3) is 0.636. The third-order valence-corrected chi connectivity index (χ3v) is 3.16. The van der Waals surface area contributed by atoms with Crippen molar-refractivity contribution in [1.29, 1.82) is 0 Å². The molecule has 4 nitrogen and oxygen atoms in total. The highest BCUT2D eigenvalue weighted by Gasteiger charge is 2.36. The van der Waals surface area contributed by atoms with E-state index in [0.717, 1.165) is 30.9 Å². The van der Waals surface area contributed by atoms with Crippen molar-refractivity contribution in [3.8, 4) is 0 Å². The van der Waals surface area contributed by atoms with Crippen LogP contribution in [0.1, 0.15) is 25.0 Å². The van der Waals surface area contributed by atoms with Gasteiger partial charge in [-0.3, -0.25) is 4.98 Å². The molecule has 1 aromatic rings. The van der Waals surface area contributed by atoms with Crippen LogP contribution in [-0.2, 0) is 4.74 Å². The zero-order valence-corrected chi connectivity index (χ0v) is 9.29. The van der Waals surface area contributed by atoms with Gasteiger partial charge in [0.25, 0.3) is 0 Å². The number of nitrogens with zero attached hydrogens (tertiary/aromatic N) is 2. The van der Waals surface area contributed by atoms with Gasteiger partial charge < -0.3 is 10.1 Å². The van der Waals surface area contributed by atoms with Gasteiger partial charge in [0.05, 0.1) is 11.3 Å². The predicted octanol–water partition coefficient (Wildman–Crippen LogP) is 1.77. The third kappa shape index (κ3) is 2.09. The fourth-order valence-electron chi connectivity index (χ4n) is 1.85. The van der Waals surface area contributed by atoms with Gasteiger partial charge >= 0.3 is 0 Å². The Morgan fingerprint density at radius 2 is 2.13 bits per heavy atom. The number of rotatable bonds is 4. The normalized spacial score (nSPS) is 18.3. The van der Waals surface area contributed by atoms with E-state index in [9.17, 15) is 0 Å². The van der Waals surface area contributed by atoms with E-state index in [0.29, 0.717) is 0 Å². The first-order valence-corrected chi connectivity index (χ1v) is 5.32. The summed E-state index contributed by atoms with van der Waals surface area (Å²) < 4.78 is 5.52. The Balaban J connectivity index is 1.95. The molecule has 15 heavy (non-hydrogen) atoms. The Morgan fingerprint density at radius 1 is 1.40 bits per heavy atom. The number of ether oxygens (including phenoxy) is 1. The topological polar surface area (TPSA) is 47.0 Å². The first kappa shape index (κ1) is 10.4. The van der Waals surface area contributed by atoms with Crippen molar-refractivity contribution in [2.75, 3.05) is 19.0 Å². The van der Waals surface area contributed by atoms with Gasteiger partial charge in [-0.1, -0.05) is 0 Å². The molecule has 1 fully saturated rings. The molecule has 2 rings (SSSR count). The van der Waals surface area contributed by atoms with Crippen molar-refractivity contribution in [3.05, 3.63) is 18.1 Å². The van der Waals surface area contributed by atoms with Crippen LogP contribution in [0.25, 0.3) is 0 Å². The molecule has 1 aliphatic rings. The summed E-state index contributed by atoms with van der Waals surface area (Å²) in [6, 6.07) is 0. The molecule has 4 heteroatoms. The average molecular weight is 207 g/mol. The van der Waals surface area contributed by atoms with Gasteiger partial charge in [0.2, 0.25) is 0 Å². The first-order valence-electron chi connectivity index (χ1n) is 5.32. The maximum atomic E-state index is 5.52. The van der Waals surface area contributed by atoms with Gasteiger partial charge in [0, 0.05) is 26.0 Å².